The van der Waals surface area contributed by atoms with E-state index in [0.717, 1.165) is 66.5 Å². The van der Waals surface area contributed by atoms with Crippen molar-refractivity contribution >= 4 is 0 Å². The second-order valence-electron chi connectivity index (χ2n) is 19.2. The molecular formula is C40H54O2. The summed E-state index contributed by atoms with van der Waals surface area (Å²) < 4.78 is 12.9. The van der Waals surface area contributed by atoms with Gasteiger partial charge in [0.15, 0.2) is 0 Å². The third-order valence-corrected chi connectivity index (χ3v) is 16.0. The Morgan fingerprint density at radius 2 is 0.929 bits per heavy atom. The van der Waals surface area contributed by atoms with Crippen molar-refractivity contribution in [2.75, 3.05) is 13.2 Å². The summed E-state index contributed by atoms with van der Waals surface area (Å²) >= 11 is 0. The van der Waals surface area contributed by atoms with Gasteiger partial charge in [-0.25, -0.2) is 0 Å². The van der Waals surface area contributed by atoms with Crippen LogP contribution in [0.2, 0.25) is 0 Å². The molecule has 13 aliphatic rings. The first-order valence-electron chi connectivity index (χ1n) is 18.9. The molecule has 0 N–H and O–H groups in total. The van der Waals surface area contributed by atoms with Gasteiger partial charge in [0.2, 0.25) is 0 Å². The molecule has 12 aliphatic carbocycles. The van der Waals surface area contributed by atoms with Crippen LogP contribution < -0.4 is 4.74 Å². The number of hydrogen-bond acceptors (Lipinski definition) is 2. The van der Waals surface area contributed by atoms with Crippen LogP contribution in [0.1, 0.15) is 138 Å². The fourth-order valence-electron chi connectivity index (χ4n) is 16.1. The molecule has 2 nitrogen and oxygen atoms in total. The van der Waals surface area contributed by atoms with Crippen LogP contribution >= 0.6 is 0 Å². The molecule has 13 fully saturated rings. The minimum absolute atomic E-state index is 0.333. The lowest BCUT2D eigenvalue weighted by atomic mass is 9.41. The van der Waals surface area contributed by atoms with Crippen molar-refractivity contribution in [2.45, 2.75) is 145 Å². The van der Waals surface area contributed by atoms with Gasteiger partial charge in [-0.2, -0.15) is 0 Å². The standard InChI is InChI=1S/C40H54O2/c1-23-2-34(38-12-24-3-25(13-38)5-26(4-24)14-38)35(39-15-27-6-28(16-39)8-29(7-27)17-39)36(37(23)42-22-33-21-41-33)40-18-30-9-31(19-40)11-32(10-30)20-40/h2,24-33H,3-22H2,1H3. The predicted molar refractivity (Wildman–Crippen MR) is 166 cm³/mol. The summed E-state index contributed by atoms with van der Waals surface area (Å²) in [6.45, 7) is 4.15. The molecule has 0 radical (unpaired) electrons. The lowest BCUT2D eigenvalue weighted by molar-refractivity contribution is -0.0251. The molecule has 42 heavy (non-hydrogen) atoms. The van der Waals surface area contributed by atoms with Crippen molar-refractivity contribution in [2.24, 2.45) is 53.3 Å². The maximum absolute atomic E-state index is 7.13. The van der Waals surface area contributed by atoms with Crippen LogP contribution in [0.3, 0.4) is 0 Å². The zero-order chi connectivity index (χ0) is 27.4. The molecule has 1 aromatic carbocycles. The van der Waals surface area contributed by atoms with E-state index >= 15 is 0 Å². The van der Waals surface area contributed by atoms with Gasteiger partial charge in [-0.15, -0.1) is 0 Å². The summed E-state index contributed by atoms with van der Waals surface area (Å²) in [5.41, 5.74) is 8.57. The molecule has 14 rings (SSSR count). The van der Waals surface area contributed by atoms with Gasteiger partial charge < -0.3 is 9.47 Å². The highest BCUT2D eigenvalue weighted by molar-refractivity contribution is 5.60. The molecule has 1 unspecified atom stereocenters. The van der Waals surface area contributed by atoms with E-state index in [1.807, 2.05) is 16.7 Å². The quantitative estimate of drug-likeness (QED) is 0.320. The van der Waals surface area contributed by atoms with E-state index in [9.17, 15) is 0 Å². The Balaban J connectivity index is 1.18. The molecule has 12 saturated carbocycles. The Morgan fingerprint density at radius 1 is 0.571 bits per heavy atom. The van der Waals surface area contributed by atoms with Gasteiger partial charge in [0.05, 0.1) is 6.61 Å². The normalized spacial score (nSPS) is 53.7. The number of benzene rings is 1. The zero-order valence-electron chi connectivity index (χ0n) is 26.3. The third kappa shape index (κ3) is 3.54. The van der Waals surface area contributed by atoms with E-state index in [1.165, 1.54) is 88.4 Å². The average Bonchev–Trinajstić information content (AvgIpc) is 3.74. The van der Waals surface area contributed by atoms with Gasteiger partial charge in [-0.3, -0.25) is 0 Å². The van der Waals surface area contributed by atoms with Crippen molar-refractivity contribution in [3.8, 4) is 5.75 Å². The third-order valence-electron chi connectivity index (χ3n) is 16.0. The van der Waals surface area contributed by atoms with Crippen molar-refractivity contribution in [1.29, 1.82) is 0 Å². The highest BCUT2D eigenvalue weighted by atomic mass is 16.6. The minimum Gasteiger partial charge on any atom is -0.490 e. The second-order valence-corrected chi connectivity index (χ2v) is 19.2. The Morgan fingerprint density at radius 3 is 1.31 bits per heavy atom. The molecule has 12 bridgehead atoms. The van der Waals surface area contributed by atoms with E-state index in [-0.39, 0.29) is 0 Å². The number of aryl methyl sites for hydroxylation is 1. The second kappa shape index (κ2) is 8.41. The fourth-order valence-corrected chi connectivity index (χ4v) is 16.1. The van der Waals surface area contributed by atoms with Crippen LogP contribution in [-0.4, -0.2) is 19.3 Å². The molecule has 2 heteroatoms. The van der Waals surface area contributed by atoms with Gasteiger partial charge in [-0.05, 0) is 203 Å². The van der Waals surface area contributed by atoms with Crippen LogP contribution in [-0.2, 0) is 21.0 Å². The number of ether oxygens (including phenoxy) is 2. The van der Waals surface area contributed by atoms with Gasteiger partial charge in [0.25, 0.3) is 0 Å². The number of epoxide rings is 1. The fraction of sp³-hybridized carbons (Fsp3) is 0.850. The van der Waals surface area contributed by atoms with Gasteiger partial charge >= 0.3 is 0 Å². The summed E-state index contributed by atoms with van der Waals surface area (Å²) in [6.07, 6.45) is 27.7. The molecule has 1 aromatic rings. The molecule has 1 saturated heterocycles. The lowest BCUT2D eigenvalue weighted by Crippen LogP contribution is -2.55. The maximum Gasteiger partial charge on any atom is 0.126 e. The van der Waals surface area contributed by atoms with Crippen LogP contribution in [0.5, 0.6) is 5.75 Å². The summed E-state index contributed by atoms with van der Waals surface area (Å²) in [6, 6.07) is 2.81. The summed E-state index contributed by atoms with van der Waals surface area (Å²) in [5.74, 6) is 10.3. The topological polar surface area (TPSA) is 21.8 Å². The first-order chi connectivity index (χ1) is 20.4. The van der Waals surface area contributed by atoms with E-state index in [0.29, 0.717) is 22.3 Å². The zero-order valence-corrected chi connectivity index (χ0v) is 26.3. The molecule has 1 aliphatic heterocycles. The van der Waals surface area contributed by atoms with Crippen LogP contribution in [0, 0.1) is 60.2 Å². The predicted octanol–water partition coefficient (Wildman–Crippen LogP) is 9.18. The lowest BCUT2D eigenvalue weighted by Gasteiger charge is -2.63. The van der Waals surface area contributed by atoms with Gasteiger partial charge in [0, 0.05) is 11.0 Å². The largest absolute Gasteiger partial charge is 0.490 e. The Hall–Kier alpha value is -1.02. The van der Waals surface area contributed by atoms with Gasteiger partial charge in [-0.1, -0.05) is 6.07 Å². The molecular weight excluding hydrogens is 512 g/mol. The smallest absolute Gasteiger partial charge is 0.126 e. The highest BCUT2D eigenvalue weighted by Gasteiger charge is 2.61. The van der Waals surface area contributed by atoms with Crippen molar-refractivity contribution in [3.63, 3.8) is 0 Å². The van der Waals surface area contributed by atoms with Crippen LogP contribution in [0.4, 0.5) is 0 Å². The molecule has 0 amide bonds. The van der Waals surface area contributed by atoms with E-state index in [2.05, 4.69) is 13.0 Å². The first-order valence-corrected chi connectivity index (χ1v) is 18.9. The number of rotatable bonds is 6. The molecule has 1 heterocycles. The Kier molecular flexibility index (Phi) is 5.05. The van der Waals surface area contributed by atoms with Crippen LogP contribution in [0.15, 0.2) is 6.07 Å². The molecule has 0 aromatic heterocycles. The summed E-state index contributed by atoms with van der Waals surface area (Å²) in [5, 5.41) is 0. The SMILES string of the molecule is Cc1cc(C23CC4CC(CC(C4)C2)C3)c(C23CC4CC(CC(C4)C2)C3)c(C23CC4CC(CC(C4)C2)C3)c1OCC1CO1. The summed E-state index contributed by atoms with van der Waals surface area (Å²) in [4.78, 5) is 0. The number of hydrogen-bond donors (Lipinski definition) is 0. The molecule has 226 valence electrons. The highest BCUT2D eigenvalue weighted by Crippen LogP contribution is 2.70. The maximum atomic E-state index is 7.13. The van der Waals surface area contributed by atoms with Crippen molar-refractivity contribution in [1.82, 2.24) is 0 Å². The van der Waals surface area contributed by atoms with Gasteiger partial charge in [0.1, 0.15) is 18.5 Å². The van der Waals surface area contributed by atoms with E-state index < -0.39 is 0 Å². The Bertz CT molecular complexity index is 1210. The van der Waals surface area contributed by atoms with E-state index in [4.69, 9.17) is 9.47 Å². The van der Waals surface area contributed by atoms with Crippen molar-refractivity contribution < 1.29 is 9.47 Å². The average molecular weight is 567 g/mol. The molecule has 1 atom stereocenters. The van der Waals surface area contributed by atoms with E-state index in [1.54, 1.807) is 38.5 Å². The van der Waals surface area contributed by atoms with Crippen molar-refractivity contribution in [3.05, 3.63) is 28.3 Å². The first kappa shape index (κ1) is 25.2. The Labute approximate surface area is 254 Å². The minimum atomic E-state index is 0.333. The summed E-state index contributed by atoms with van der Waals surface area (Å²) in [7, 11) is 0. The van der Waals surface area contributed by atoms with Crippen LogP contribution in [0.25, 0.3) is 0 Å². The molecule has 0 spiro atoms. The monoisotopic (exact) mass is 566 g/mol.